The van der Waals surface area contributed by atoms with Gasteiger partial charge in [0.2, 0.25) is 0 Å². The molecule has 4 nitrogen and oxygen atoms in total. The molecule has 3 rings (SSSR count). The van der Waals surface area contributed by atoms with E-state index in [1.807, 2.05) is 60.8 Å². The maximum absolute atomic E-state index is 5.64. The summed E-state index contributed by atoms with van der Waals surface area (Å²) >= 11 is 3.47. The molecule has 0 amide bonds. The number of hydrogen-bond acceptors (Lipinski definition) is 3. The van der Waals surface area contributed by atoms with Gasteiger partial charge < -0.3 is 4.74 Å². The lowest BCUT2D eigenvalue weighted by atomic mass is 10.2. The molecular weight excluding hydrogens is 318 g/mol. The van der Waals surface area contributed by atoms with Crippen LogP contribution in [0.1, 0.15) is 13.8 Å². The van der Waals surface area contributed by atoms with Crippen LogP contribution in [0.2, 0.25) is 0 Å². The molecule has 20 heavy (non-hydrogen) atoms. The number of benzene rings is 1. The molecule has 0 aliphatic heterocycles. The van der Waals surface area contributed by atoms with Crippen LogP contribution in [-0.4, -0.2) is 20.7 Å². The van der Waals surface area contributed by atoms with E-state index in [0.29, 0.717) is 0 Å². The van der Waals surface area contributed by atoms with Crippen molar-refractivity contribution >= 4 is 21.6 Å². The summed E-state index contributed by atoms with van der Waals surface area (Å²) in [5.74, 6) is 1.68. The number of pyridine rings is 1. The standard InChI is InChI=1S/C15H14BrN3O/c1-10(2)20-13-6-3-11(4-7-13)15-18-17-14-8-5-12(16)9-19(14)15/h3-10H,1-2H3. The number of fused-ring (bicyclic) bond motifs is 1. The Balaban J connectivity index is 2.00. The van der Waals surface area contributed by atoms with Crippen LogP contribution >= 0.6 is 15.9 Å². The zero-order valence-corrected chi connectivity index (χ0v) is 12.8. The van der Waals surface area contributed by atoms with Crippen LogP contribution in [0.15, 0.2) is 47.1 Å². The summed E-state index contributed by atoms with van der Waals surface area (Å²) in [5.41, 5.74) is 1.83. The van der Waals surface area contributed by atoms with Crippen molar-refractivity contribution in [1.82, 2.24) is 14.6 Å². The van der Waals surface area contributed by atoms with Crippen LogP contribution in [0, 0.1) is 0 Å². The first kappa shape index (κ1) is 13.1. The maximum atomic E-state index is 5.64. The maximum Gasteiger partial charge on any atom is 0.168 e. The fourth-order valence-electron chi connectivity index (χ4n) is 2.02. The highest BCUT2D eigenvalue weighted by atomic mass is 79.9. The van der Waals surface area contributed by atoms with Crippen molar-refractivity contribution in [3.8, 4) is 17.1 Å². The van der Waals surface area contributed by atoms with E-state index in [2.05, 4.69) is 26.1 Å². The quantitative estimate of drug-likeness (QED) is 0.729. The van der Waals surface area contributed by atoms with Gasteiger partial charge in [0, 0.05) is 16.2 Å². The van der Waals surface area contributed by atoms with Crippen molar-refractivity contribution in [2.45, 2.75) is 20.0 Å². The molecule has 0 bridgehead atoms. The summed E-state index contributed by atoms with van der Waals surface area (Å²) in [7, 11) is 0. The first-order chi connectivity index (χ1) is 9.63. The molecule has 102 valence electrons. The van der Waals surface area contributed by atoms with Crippen LogP contribution < -0.4 is 4.74 Å². The van der Waals surface area contributed by atoms with E-state index < -0.39 is 0 Å². The van der Waals surface area contributed by atoms with Gasteiger partial charge in [-0.05, 0) is 66.2 Å². The van der Waals surface area contributed by atoms with Crippen molar-refractivity contribution in [1.29, 1.82) is 0 Å². The second-order valence-electron chi connectivity index (χ2n) is 4.79. The topological polar surface area (TPSA) is 39.4 Å². The van der Waals surface area contributed by atoms with Gasteiger partial charge in [-0.15, -0.1) is 10.2 Å². The van der Waals surface area contributed by atoms with Crippen molar-refractivity contribution in [3.63, 3.8) is 0 Å². The molecule has 2 aromatic heterocycles. The average molecular weight is 332 g/mol. The largest absolute Gasteiger partial charge is 0.491 e. The van der Waals surface area contributed by atoms with Gasteiger partial charge in [0.1, 0.15) is 5.75 Å². The second kappa shape index (κ2) is 5.25. The van der Waals surface area contributed by atoms with E-state index in [-0.39, 0.29) is 6.10 Å². The molecule has 0 aliphatic rings. The highest BCUT2D eigenvalue weighted by Crippen LogP contribution is 2.23. The van der Waals surface area contributed by atoms with Crippen molar-refractivity contribution in [3.05, 3.63) is 47.1 Å². The molecule has 5 heteroatoms. The van der Waals surface area contributed by atoms with Crippen molar-refractivity contribution in [2.75, 3.05) is 0 Å². The molecule has 0 N–H and O–H groups in total. The Kier molecular flexibility index (Phi) is 3.44. The first-order valence-corrected chi connectivity index (χ1v) is 7.20. The predicted molar refractivity (Wildman–Crippen MR) is 81.9 cm³/mol. The van der Waals surface area contributed by atoms with Crippen LogP contribution in [0.5, 0.6) is 5.75 Å². The summed E-state index contributed by atoms with van der Waals surface area (Å²) in [5, 5.41) is 8.42. The van der Waals surface area contributed by atoms with Gasteiger partial charge >= 0.3 is 0 Å². The third-order valence-corrected chi connectivity index (χ3v) is 3.32. The first-order valence-electron chi connectivity index (χ1n) is 6.41. The fraction of sp³-hybridized carbons (Fsp3) is 0.200. The molecule has 0 aliphatic carbocycles. The van der Waals surface area contributed by atoms with Crippen LogP contribution in [0.4, 0.5) is 0 Å². The molecule has 0 unspecified atom stereocenters. The third kappa shape index (κ3) is 2.54. The molecule has 0 fully saturated rings. The summed E-state index contributed by atoms with van der Waals surface area (Å²) in [6.07, 6.45) is 2.13. The summed E-state index contributed by atoms with van der Waals surface area (Å²) in [6, 6.07) is 11.8. The van der Waals surface area contributed by atoms with Crippen LogP contribution in [-0.2, 0) is 0 Å². The summed E-state index contributed by atoms with van der Waals surface area (Å²) in [4.78, 5) is 0. The van der Waals surface area contributed by atoms with Gasteiger partial charge in [0.25, 0.3) is 0 Å². The molecule has 2 heterocycles. The fourth-order valence-corrected chi connectivity index (χ4v) is 2.35. The molecule has 0 saturated carbocycles. The Bertz CT molecular complexity index is 734. The second-order valence-corrected chi connectivity index (χ2v) is 5.71. The Labute approximate surface area is 125 Å². The Morgan fingerprint density at radius 3 is 2.50 bits per heavy atom. The van der Waals surface area contributed by atoms with Gasteiger partial charge in [-0.2, -0.15) is 0 Å². The highest BCUT2D eigenvalue weighted by molar-refractivity contribution is 9.10. The number of hydrogen-bond donors (Lipinski definition) is 0. The molecule has 0 radical (unpaired) electrons. The minimum atomic E-state index is 0.172. The van der Waals surface area contributed by atoms with E-state index in [1.165, 1.54) is 0 Å². The van der Waals surface area contributed by atoms with E-state index in [1.54, 1.807) is 0 Å². The minimum Gasteiger partial charge on any atom is -0.491 e. The smallest absolute Gasteiger partial charge is 0.168 e. The van der Waals surface area contributed by atoms with Crippen molar-refractivity contribution < 1.29 is 4.74 Å². The number of aromatic nitrogens is 3. The average Bonchev–Trinajstić information content (AvgIpc) is 2.82. The summed E-state index contributed by atoms with van der Waals surface area (Å²) < 4.78 is 8.59. The molecule has 0 spiro atoms. The normalized spacial score (nSPS) is 11.2. The lowest BCUT2D eigenvalue weighted by Gasteiger charge is -2.09. The third-order valence-electron chi connectivity index (χ3n) is 2.85. The van der Waals surface area contributed by atoms with E-state index in [0.717, 1.165) is 27.3 Å². The van der Waals surface area contributed by atoms with E-state index >= 15 is 0 Å². The number of halogens is 1. The monoisotopic (exact) mass is 331 g/mol. The lowest BCUT2D eigenvalue weighted by Crippen LogP contribution is -2.05. The van der Waals surface area contributed by atoms with Gasteiger partial charge in [0.05, 0.1) is 6.10 Å². The van der Waals surface area contributed by atoms with E-state index in [4.69, 9.17) is 4.74 Å². The Hall–Kier alpha value is -1.88. The lowest BCUT2D eigenvalue weighted by molar-refractivity contribution is 0.242. The molecule has 1 aromatic carbocycles. The zero-order valence-electron chi connectivity index (χ0n) is 11.2. The van der Waals surface area contributed by atoms with Crippen LogP contribution in [0.3, 0.4) is 0 Å². The van der Waals surface area contributed by atoms with Crippen LogP contribution in [0.25, 0.3) is 17.0 Å². The number of nitrogens with zero attached hydrogens (tertiary/aromatic N) is 3. The predicted octanol–water partition coefficient (Wildman–Crippen LogP) is 3.95. The Morgan fingerprint density at radius 1 is 1.05 bits per heavy atom. The summed E-state index contributed by atoms with van der Waals surface area (Å²) in [6.45, 7) is 4.02. The van der Waals surface area contributed by atoms with Gasteiger partial charge in [-0.25, -0.2) is 0 Å². The molecule has 0 atom stereocenters. The Morgan fingerprint density at radius 2 is 1.80 bits per heavy atom. The molecular formula is C15H14BrN3O. The van der Waals surface area contributed by atoms with Crippen molar-refractivity contribution in [2.24, 2.45) is 0 Å². The van der Waals surface area contributed by atoms with Gasteiger partial charge in [-0.1, -0.05) is 0 Å². The number of rotatable bonds is 3. The molecule has 3 aromatic rings. The highest BCUT2D eigenvalue weighted by Gasteiger charge is 2.08. The number of ether oxygens (including phenoxy) is 1. The van der Waals surface area contributed by atoms with Gasteiger partial charge in [0.15, 0.2) is 11.5 Å². The minimum absolute atomic E-state index is 0.172. The van der Waals surface area contributed by atoms with E-state index in [9.17, 15) is 0 Å². The SMILES string of the molecule is CC(C)Oc1ccc(-c2nnc3ccc(Br)cn23)cc1. The van der Waals surface area contributed by atoms with Gasteiger partial charge in [-0.3, -0.25) is 4.40 Å². The molecule has 0 saturated heterocycles. The zero-order chi connectivity index (χ0) is 14.1.